The van der Waals surface area contributed by atoms with Gasteiger partial charge in [0.2, 0.25) is 17.6 Å². The molecule has 0 aromatic rings. The summed E-state index contributed by atoms with van der Waals surface area (Å²) in [6.45, 7) is 15.7. The van der Waals surface area contributed by atoms with E-state index in [1.807, 2.05) is 41.5 Å². The molecular formula is C27H45N5O5. The van der Waals surface area contributed by atoms with Gasteiger partial charge in [0.15, 0.2) is 0 Å². The summed E-state index contributed by atoms with van der Waals surface area (Å²) in [5.41, 5.74) is 4.04. The van der Waals surface area contributed by atoms with Gasteiger partial charge in [0.05, 0.1) is 6.04 Å². The van der Waals surface area contributed by atoms with Crippen LogP contribution in [0.25, 0.3) is 0 Å². The molecule has 2 saturated carbocycles. The average Bonchev–Trinajstić information content (AvgIpc) is 3.06. The van der Waals surface area contributed by atoms with Crippen LogP contribution in [0.1, 0.15) is 81.1 Å². The van der Waals surface area contributed by atoms with Crippen molar-refractivity contribution in [3.63, 3.8) is 0 Å². The predicted octanol–water partition coefficient (Wildman–Crippen LogP) is 1.71. The minimum Gasteiger partial charge on any atom is -0.363 e. The number of Topliss-reactive ketones (excluding diaryl/α,β-unsaturated/α-hetero) is 1. The lowest BCUT2D eigenvalue weighted by molar-refractivity contribution is -0.145. The van der Waals surface area contributed by atoms with Gasteiger partial charge in [-0.05, 0) is 55.8 Å². The normalized spacial score (nSPS) is 26.3. The first-order chi connectivity index (χ1) is 16.8. The smallest absolute Gasteiger partial charge is 0.315 e. The van der Waals surface area contributed by atoms with E-state index in [-0.39, 0.29) is 29.1 Å². The van der Waals surface area contributed by atoms with Gasteiger partial charge < -0.3 is 26.6 Å². The molecule has 208 valence electrons. The van der Waals surface area contributed by atoms with Gasteiger partial charge in [0, 0.05) is 12.1 Å². The van der Waals surface area contributed by atoms with Crippen molar-refractivity contribution >= 4 is 29.5 Å². The second-order valence-corrected chi connectivity index (χ2v) is 13.9. The fourth-order valence-corrected chi connectivity index (χ4v) is 5.86. The number of piperidine rings is 1. The summed E-state index contributed by atoms with van der Waals surface area (Å²) < 4.78 is 0. The number of fused-ring (bicyclic) bond motifs is 1. The van der Waals surface area contributed by atoms with E-state index >= 15 is 0 Å². The van der Waals surface area contributed by atoms with E-state index in [9.17, 15) is 24.0 Å². The maximum atomic E-state index is 13.9. The van der Waals surface area contributed by atoms with Gasteiger partial charge in [0.1, 0.15) is 12.1 Å². The van der Waals surface area contributed by atoms with Crippen molar-refractivity contribution in [3.8, 4) is 0 Å². The molecule has 1 heterocycles. The second-order valence-electron chi connectivity index (χ2n) is 13.9. The molecule has 10 heteroatoms. The van der Waals surface area contributed by atoms with Gasteiger partial charge in [-0.25, -0.2) is 4.79 Å². The zero-order valence-electron chi connectivity index (χ0n) is 23.6. The molecule has 5 amide bonds. The monoisotopic (exact) mass is 519 g/mol. The van der Waals surface area contributed by atoms with E-state index in [1.54, 1.807) is 4.90 Å². The number of primary amides is 1. The lowest BCUT2D eigenvalue weighted by Crippen LogP contribution is -2.62. The van der Waals surface area contributed by atoms with Crippen LogP contribution in [0.15, 0.2) is 0 Å². The Bertz CT molecular complexity index is 959. The van der Waals surface area contributed by atoms with Gasteiger partial charge >= 0.3 is 6.03 Å². The number of nitrogens with zero attached hydrogens (tertiary/aromatic N) is 1. The number of nitrogens with one attached hydrogen (secondary N) is 3. The lowest BCUT2D eigenvalue weighted by Gasteiger charge is -2.38. The number of carbonyl (C=O) groups excluding carboxylic acids is 5. The topological polar surface area (TPSA) is 151 Å². The van der Waals surface area contributed by atoms with Crippen LogP contribution in [-0.4, -0.2) is 64.6 Å². The highest BCUT2D eigenvalue weighted by atomic mass is 16.2. The van der Waals surface area contributed by atoms with Crippen LogP contribution < -0.4 is 21.7 Å². The number of amides is 5. The van der Waals surface area contributed by atoms with Crippen molar-refractivity contribution in [1.82, 2.24) is 20.9 Å². The summed E-state index contributed by atoms with van der Waals surface area (Å²) in [6.07, 6.45) is 3.31. The molecule has 5 N–H and O–H groups in total. The molecule has 5 atom stereocenters. The maximum Gasteiger partial charge on any atom is 0.315 e. The highest BCUT2D eigenvalue weighted by molar-refractivity contribution is 6.37. The van der Waals surface area contributed by atoms with E-state index in [4.69, 9.17) is 5.73 Å². The van der Waals surface area contributed by atoms with Crippen molar-refractivity contribution in [2.24, 2.45) is 34.3 Å². The first-order valence-corrected chi connectivity index (χ1v) is 13.4. The Morgan fingerprint density at radius 1 is 1.00 bits per heavy atom. The Morgan fingerprint density at radius 2 is 1.59 bits per heavy atom. The summed E-state index contributed by atoms with van der Waals surface area (Å²) >= 11 is 0. The van der Waals surface area contributed by atoms with E-state index in [1.165, 1.54) is 0 Å². The zero-order chi connectivity index (χ0) is 28.1. The number of hydrogen-bond donors (Lipinski definition) is 4. The Kier molecular flexibility index (Phi) is 7.74. The van der Waals surface area contributed by atoms with Gasteiger partial charge in [-0.15, -0.1) is 0 Å². The van der Waals surface area contributed by atoms with E-state index in [2.05, 4.69) is 29.8 Å². The van der Waals surface area contributed by atoms with Crippen LogP contribution in [0.4, 0.5) is 4.79 Å². The van der Waals surface area contributed by atoms with E-state index in [0.29, 0.717) is 13.0 Å². The molecule has 37 heavy (non-hydrogen) atoms. The summed E-state index contributed by atoms with van der Waals surface area (Å²) in [7, 11) is 0. The predicted molar refractivity (Wildman–Crippen MR) is 139 cm³/mol. The standard InChI is InChI=1S/C27H45N5O5/c1-25(2,3)20(30-24(37)31-26(4,5)6)23(36)32-13-15-17(27(15,7)8)18(32)22(35)29-16(19(33)21(28)34)12-14-10-9-11-14/h14-18,20H,9-13H2,1-8H3,(H2,28,34)(H,29,35)(H2,30,31,37)/t15?,16?,17-,18-,20+/m0/s1. The van der Waals surface area contributed by atoms with Gasteiger partial charge in [-0.2, -0.15) is 0 Å². The third kappa shape index (κ3) is 6.26. The molecule has 10 nitrogen and oxygen atoms in total. The summed E-state index contributed by atoms with van der Waals surface area (Å²) in [5.74, 6) is -2.35. The Hall–Kier alpha value is -2.65. The molecule has 0 bridgehead atoms. The van der Waals surface area contributed by atoms with Crippen molar-refractivity contribution in [3.05, 3.63) is 0 Å². The molecule has 3 fully saturated rings. The number of likely N-dealkylation sites (tertiary alicyclic amines) is 1. The van der Waals surface area contributed by atoms with E-state index < -0.39 is 52.7 Å². The van der Waals surface area contributed by atoms with Crippen molar-refractivity contribution in [2.45, 2.75) is 105 Å². The van der Waals surface area contributed by atoms with Crippen LogP contribution in [0.2, 0.25) is 0 Å². The fourth-order valence-electron chi connectivity index (χ4n) is 5.86. The molecule has 1 aliphatic heterocycles. The first-order valence-electron chi connectivity index (χ1n) is 13.4. The molecular weight excluding hydrogens is 474 g/mol. The van der Waals surface area contributed by atoms with Crippen LogP contribution >= 0.6 is 0 Å². The van der Waals surface area contributed by atoms with Crippen LogP contribution in [0, 0.1) is 28.6 Å². The number of carbonyl (C=O) groups is 5. The minimum atomic E-state index is -1.07. The number of ketones is 1. The average molecular weight is 520 g/mol. The second kappa shape index (κ2) is 9.91. The molecule has 0 aromatic heterocycles. The fraction of sp³-hybridized carbons (Fsp3) is 0.815. The van der Waals surface area contributed by atoms with Gasteiger partial charge in [0.25, 0.3) is 5.91 Å². The maximum absolute atomic E-state index is 13.9. The highest BCUT2D eigenvalue weighted by Gasteiger charge is 2.70. The van der Waals surface area contributed by atoms with Crippen LogP contribution in [0.5, 0.6) is 0 Å². The van der Waals surface area contributed by atoms with Gasteiger partial charge in [-0.1, -0.05) is 53.9 Å². The molecule has 1 saturated heterocycles. The first kappa shape index (κ1) is 28.9. The molecule has 0 aromatic carbocycles. The summed E-state index contributed by atoms with van der Waals surface area (Å²) in [4.78, 5) is 66.1. The van der Waals surface area contributed by atoms with Crippen molar-refractivity contribution < 1.29 is 24.0 Å². The quantitative estimate of drug-likeness (QED) is 0.360. The molecule has 3 rings (SSSR count). The van der Waals surface area contributed by atoms with Crippen LogP contribution in [0.3, 0.4) is 0 Å². The SMILES string of the molecule is CC(C)(C)NC(=O)N[C@H](C(=O)N1CC2[C@@H]([C@H]1C(=O)NC(CC1CCC1)C(=O)C(N)=O)C2(C)C)C(C)(C)C. The number of rotatable bonds is 8. The largest absolute Gasteiger partial charge is 0.363 e. The Balaban J connectivity index is 1.83. The van der Waals surface area contributed by atoms with E-state index in [0.717, 1.165) is 19.3 Å². The molecule has 2 unspecified atom stereocenters. The Morgan fingerprint density at radius 3 is 2.05 bits per heavy atom. The molecule has 2 aliphatic carbocycles. The summed E-state index contributed by atoms with van der Waals surface area (Å²) in [6, 6.07) is -3.13. The van der Waals surface area contributed by atoms with Crippen molar-refractivity contribution in [1.29, 1.82) is 0 Å². The minimum absolute atomic E-state index is 0.0755. The summed E-state index contributed by atoms with van der Waals surface area (Å²) in [5, 5.41) is 8.44. The molecule has 3 aliphatic rings. The third-order valence-corrected chi connectivity index (χ3v) is 8.31. The number of hydrogen-bond acceptors (Lipinski definition) is 5. The third-order valence-electron chi connectivity index (χ3n) is 8.31. The lowest BCUT2D eigenvalue weighted by atomic mass is 9.80. The number of urea groups is 1. The van der Waals surface area contributed by atoms with Crippen molar-refractivity contribution in [2.75, 3.05) is 6.54 Å². The highest BCUT2D eigenvalue weighted by Crippen LogP contribution is 2.65. The van der Waals surface area contributed by atoms with Crippen LogP contribution in [-0.2, 0) is 19.2 Å². The molecule has 0 radical (unpaired) electrons. The zero-order valence-corrected chi connectivity index (χ0v) is 23.6. The van der Waals surface area contributed by atoms with Gasteiger partial charge in [-0.3, -0.25) is 19.2 Å². The molecule has 0 spiro atoms. The Labute approximate surface area is 220 Å². The number of nitrogens with two attached hydrogens (primary N) is 1.